The minimum absolute atomic E-state index is 0.0981. The van der Waals surface area contributed by atoms with Gasteiger partial charge in [0.25, 0.3) is 0 Å². The van der Waals surface area contributed by atoms with E-state index < -0.39 is 0 Å². The number of carbonyl (C=O) groups is 1. The predicted octanol–water partition coefficient (Wildman–Crippen LogP) is 0.782. The van der Waals surface area contributed by atoms with Gasteiger partial charge in [-0.15, -0.1) is 0 Å². The monoisotopic (exact) mass is 261 g/mol. The Labute approximate surface area is 110 Å². The lowest BCUT2D eigenvalue weighted by Crippen LogP contribution is -2.26. The minimum Gasteiger partial charge on any atom is -0.496 e. The zero-order valence-electron chi connectivity index (χ0n) is 11.1. The van der Waals surface area contributed by atoms with Crippen LogP contribution in [-0.4, -0.2) is 27.2 Å². The van der Waals surface area contributed by atoms with Gasteiger partial charge in [0.05, 0.1) is 12.7 Å². The largest absolute Gasteiger partial charge is 0.496 e. The molecule has 0 amide bonds. The number of Topliss-reactive ketones (excluding diaryl/α,β-unsaturated/α-hetero) is 1. The van der Waals surface area contributed by atoms with E-state index in [-0.39, 0.29) is 18.0 Å². The molecule has 100 valence electrons. The standard InChI is InChI=1S/C13H15N3O3/c1-9-4-5-10(12(6-9)19-3)11(17)7-16-13(18)15(2)8-14-16/h4-6,8H,7H2,1-3H3. The second-order valence-corrected chi connectivity index (χ2v) is 4.31. The van der Waals surface area contributed by atoms with E-state index in [9.17, 15) is 9.59 Å². The number of nitrogens with zero attached hydrogens (tertiary/aromatic N) is 3. The number of aryl methyl sites for hydroxylation is 2. The maximum absolute atomic E-state index is 12.2. The van der Waals surface area contributed by atoms with Crippen LogP contribution in [0.5, 0.6) is 5.75 Å². The number of hydrogen-bond donors (Lipinski definition) is 0. The van der Waals surface area contributed by atoms with Crippen LogP contribution in [0.15, 0.2) is 29.3 Å². The number of hydrogen-bond acceptors (Lipinski definition) is 4. The van der Waals surface area contributed by atoms with Crippen LogP contribution >= 0.6 is 0 Å². The third-order valence-corrected chi connectivity index (χ3v) is 2.84. The Hall–Kier alpha value is -2.37. The third kappa shape index (κ3) is 2.57. The molecule has 0 unspecified atom stereocenters. The zero-order chi connectivity index (χ0) is 14.0. The Morgan fingerprint density at radius 3 is 2.74 bits per heavy atom. The molecule has 6 heteroatoms. The van der Waals surface area contributed by atoms with Crippen molar-refractivity contribution in [1.82, 2.24) is 14.3 Å². The van der Waals surface area contributed by atoms with Gasteiger partial charge in [0.2, 0.25) is 0 Å². The van der Waals surface area contributed by atoms with E-state index in [1.165, 1.54) is 18.0 Å². The third-order valence-electron chi connectivity index (χ3n) is 2.84. The first kappa shape index (κ1) is 13.1. The van der Waals surface area contributed by atoms with Gasteiger partial charge in [0.1, 0.15) is 18.6 Å². The summed E-state index contributed by atoms with van der Waals surface area (Å²) in [6.45, 7) is 1.82. The van der Waals surface area contributed by atoms with E-state index in [0.717, 1.165) is 10.2 Å². The SMILES string of the molecule is COc1cc(C)ccc1C(=O)Cn1ncn(C)c1=O. The van der Waals surface area contributed by atoms with Crippen LogP contribution in [-0.2, 0) is 13.6 Å². The molecule has 0 aliphatic rings. The molecule has 19 heavy (non-hydrogen) atoms. The van der Waals surface area contributed by atoms with Crippen LogP contribution in [0.4, 0.5) is 0 Å². The Morgan fingerprint density at radius 1 is 1.42 bits per heavy atom. The number of ether oxygens (including phenoxy) is 1. The Balaban J connectivity index is 2.30. The van der Waals surface area contributed by atoms with Crippen molar-refractivity contribution in [1.29, 1.82) is 0 Å². The molecule has 0 spiro atoms. The fourth-order valence-corrected chi connectivity index (χ4v) is 1.78. The van der Waals surface area contributed by atoms with E-state index >= 15 is 0 Å². The Morgan fingerprint density at radius 2 is 2.16 bits per heavy atom. The zero-order valence-corrected chi connectivity index (χ0v) is 11.1. The molecular weight excluding hydrogens is 246 g/mol. The highest BCUT2D eigenvalue weighted by molar-refractivity contribution is 5.98. The van der Waals surface area contributed by atoms with Crippen LogP contribution in [0.3, 0.4) is 0 Å². The number of benzene rings is 1. The van der Waals surface area contributed by atoms with Crippen LogP contribution in [0.25, 0.3) is 0 Å². The molecule has 0 aliphatic heterocycles. The Kier molecular flexibility index (Phi) is 3.50. The summed E-state index contributed by atoms with van der Waals surface area (Å²) < 4.78 is 7.63. The first-order valence-corrected chi connectivity index (χ1v) is 5.79. The van der Waals surface area contributed by atoms with Gasteiger partial charge in [-0.05, 0) is 24.6 Å². The Bertz CT molecular complexity index is 670. The first-order chi connectivity index (χ1) is 9.02. The molecule has 1 heterocycles. The fourth-order valence-electron chi connectivity index (χ4n) is 1.78. The molecule has 0 aliphatic carbocycles. The number of aromatic nitrogens is 3. The van der Waals surface area contributed by atoms with Gasteiger partial charge in [-0.3, -0.25) is 9.36 Å². The molecule has 0 fully saturated rings. The average Bonchev–Trinajstić information content (AvgIpc) is 2.70. The normalized spacial score (nSPS) is 10.5. The summed E-state index contributed by atoms with van der Waals surface area (Å²) in [6.07, 6.45) is 1.38. The van der Waals surface area contributed by atoms with Crippen molar-refractivity contribution in [3.63, 3.8) is 0 Å². The molecule has 2 aromatic rings. The first-order valence-electron chi connectivity index (χ1n) is 5.79. The molecule has 0 bridgehead atoms. The fraction of sp³-hybridized carbons (Fsp3) is 0.308. The topological polar surface area (TPSA) is 66.1 Å². The van der Waals surface area contributed by atoms with Crippen molar-refractivity contribution in [2.24, 2.45) is 7.05 Å². The van der Waals surface area contributed by atoms with E-state index in [1.54, 1.807) is 19.2 Å². The van der Waals surface area contributed by atoms with Crippen molar-refractivity contribution in [3.8, 4) is 5.75 Å². The van der Waals surface area contributed by atoms with Crippen LogP contribution < -0.4 is 10.4 Å². The van der Waals surface area contributed by atoms with Gasteiger partial charge in [-0.25, -0.2) is 9.48 Å². The molecule has 1 aromatic heterocycles. The summed E-state index contributed by atoms with van der Waals surface area (Å²) in [7, 11) is 3.10. The molecule has 0 saturated carbocycles. The second-order valence-electron chi connectivity index (χ2n) is 4.31. The lowest BCUT2D eigenvalue weighted by Gasteiger charge is -2.08. The summed E-state index contributed by atoms with van der Waals surface area (Å²) in [4.78, 5) is 23.8. The van der Waals surface area contributed by atoms with Crippen LogP contribution in [0.1, 0.15) is 15.9 Å². The lowest BCUT2D eigenvalue weighted by atomic mass is 10.1. The highest BCUT2D eigenvalue weighted by Gasteiger charge is 2.14. The summed E-state index contributed by atoms with van der Waals surface area (Å²) in [5.74, 6) is 0.298. The number of ketones is 1. The van der Waals surface area contributed by atoms with Gasteiger partial charge >= 0.3 is 5.69 Å². The van der Waals surface area contributed by atoms with E-state index in [0.29, 0.717) is 11.3 Å². The minimum atomic E-state index is -0.320. The van der Waals surface area contributed by atoms with E-state index in [4.69, 9.17) is 4.74 Å². The van der Waals surface area contributed by atoms with Gasteiger partial charge in [-0.1, -0.05) is 6.07 Å². The number of rotatable bonds is 4. The lowest BCUT2D eigenvalue weighted by molar-refractivity contribution is 0.0963. The average molecular weight is 261 g/mol. The molecule has 0 atom stereocenters. The highest BCUT2D eigenvalue weighted by atomic mass is 16.5. The van der Waals surface area contributed by atoms with Gasteiger partial charge < -0.3 is 4.74 Å². The maximum Gasteiger partial charge on any atom is 0.345 e. The molecule has 6 nitrogen and oxygen atoms in total. The van der Waals surface area contributed by atoms with Crippen molar-refractivity contribution in [3.05, 3.63) is 46.1 Å². The van der Waals surface area contributed by atoms with Crippen molar-refractivity contribution in [2.75, 3.05) is 7.11 Å². The van der Waals surface area contributed by atoms with Gasteiger partial charge in [-0.2, -0.15) is 5.10 Å². The molecule has 0 saturated heterocycles. The molecular formula is C13H15N3O3. The summed E-state index contributed by atoms with van der Waals surface area (Å²) in [5, 5.41) is 3.86. The van der Waals surface area contributed by atoms with Crippen LogP contribution in [0.2, 0.25) is 0 Å². The molecule has 1 aromatic carbocycles. The maximum atomic E-state index is 12.2. The predicted molar refractivity (Wildman–Crippen MR) is 69.5 cm³/mol. The summed E-state index contributed by atoms with van der Waals surface area (Å²) >= 11 is 0. The summed E-state index contributed by atoms with van der Waals surface area (Å²) in [5.41, 5.74) is 1.13. The quantitative estimate of drug-likeness (QED) is 0.763. The van der Waals surface area contributed by atoms with E-state index in [2.05, 4.69) is 5.10 Å². The number of carbonyl (C=O) groups excluding carboxylic acids is 1. The van der Waals surface area contributed by atoms with Crippen molar-refractivity contribution >= 4 is 5.78 Å². The molecule has 0 radical (unpaired) electrons. The molecule has 0 N–H and O–H groups in total. The van der Waals surface area contributed by atoms with Crippen molar-refractivity contribution in [2.45, 2.75) is 13.5 Å². The second kappa shape index (κ2) is 5.09. The van der Waals surface area contributed by atoms with E-state index in [1.807, 2.05) is 13.0 Å². The smallest absolute Gasteiger partial charge is 0.345 e. The van der Waals surface area contributed by atoms with Gasteiger partial charge in [0, 0.05) is 7.05 Å². The number of methoxy groups -OCH3 is 1. The van der Waals surface area contributed by atoms with Gasteiger partial charge in [0.15, 0.2) is 5.78 Å². The van der Waals surface area contributed by atoms with Crippen LogP contribution in [0, 0.1) is 6.92 Å². The highest BCUT2D eigenvalue weighted by Crippen LogP contribution is 2.20. The van der Waals surface area contributed by atoms with Crippen molar-refractivity contribution < 1.29 is 9.53 Å². The summed E-state index contributed by atoms with van der Waals surface area (Å²) in [6, 6.07) is 5.32. The molecule has 2 rings (SSSR count).